The molecule has 1 saturated carbocycles. The van der Waals surface area contributed by atoms with Gasteiger partial charge >= 0.3 is 0 Å². The first-order valence-electron chi connectivity index (χ1n) is 5.81. The maximum atomic E-state index is 2.69. The summed E-state index contributed by atoms with van der Waals surface area (Å²) in [5.41, 5.74) is 0.623. The Morgan fingerprint density at radius 2 is 2.08 bits per heavy atom. The van der Waals surface area contributed by atoms with Crippen LogP contribution in [-0.4, -0.2) is 24.0 Å². The van der Waals surface area contributed by atoms with Crippen LogP contribution in [0.3, 0.4) is 0 Å². The van der Waals surface area contributed by atoms with Gasteiger partial charge in [0.1, 0.15) is 0 Å². The molecule has 4 atom stereocenters. The molecule has 13 heavy (non-hydrogen) atoms. The van der Waals surface area contributed by atoms with Crippen molar-refractivity contribution < 1.29 is 0 Å². The summed E-state index contributed by atoms with van der Waals surface area (Å²) in [6, 6.07) is 0.904. The van der Waals surface area contributed by atoms with Gasteiger partial charge in [-0.05, 0) is 36.6 Å². The Bertz CT molecular complexity index is 201. The fourth-order valence-electron chi connectivity index (χ4n) is 3.58. The summed E-state index contributed by atoms with van der Waals surface area (Å²) in [5, 5.41) is 0. The van der Waals surface area contributed by atoms with Gasteiger partial charge in [0.15, 0.2) is 0 Å². The van der Waals surface area contributed by atoms with Gasteiger partial charge in [0.05, 0.1) is 0 Å². The van der Waals surface area contributed by atoms with Crippen molar-refractivity contribution in [1.82, 2.24) is 4.90 Å². The molecule has 2 fully saturated rings. The highest BCUT2D eigenvalue weighted by Gasteiger charge is 2.49. The highest BCUT2D eigenvalue weighted by Crippen LogP contribution is 2.50. The second-order valence-electron chi connectivity index (χ2n) is 5.58. The van der Waals surface area contributed by atoms with Crippen molar-refractivity contribution in [3.8, 4) is 0 Å². The molecule has 0 aromatic carbocycles. The van der Waals surface area contributed by atoms with Crippen LogP contribution in [0.2, 0.25) is 0 Å². The van der Waals surface area contributed by atoms with Gasteiger partial charge in [0.25, 0.3) is 0 Å². The van der Waals surface area contributed by atoms with Crippen LogP contribution in [0.4, 0.5) is 0 Å². The molecule has 0 amide bonds. The number of hydrogen-bond acceptors (Lipinski definition) is 1. The standard InChI is InChI=1S/C12H23N/c1-5-13-8-12(4)7-11(13)6-9(2)10(12)3/h9-11H,5-8H2,1-4H3. The second-order valence-corrected chi connectivity index (χ2v) is 5.58. The Hall–Kier alpha value is -0.0400. The number of hydrogen-bond donors (Lipinski definition) is 0. The predicted octanol–water partition coefficient (Wildman–Crippen LogP) is 2.76. The topological polar surface area (TPSA) is 3.24 Å². The minimum atomic E-state index is 0.623. The molecule has 0 radical (unpaired) electrons. The Labute approximate surface area is 82.5 Å². The van der Waals surface area contributed by atoms with Crippen molar-refractivity contribution in [2.45, 2.75) is 46.6 Å². The fraction of sp³-hybridized carbons (Fsp3) is 1.00. The molecule has 1 nitrogen and oxygen atoms in total. The Morgan fingerprint density at radius 1 is 1.38 bits per heavy atom. The van der Waals surface area contributed by atoms with E-state index in [4.69, 9.17) is 0 Å². The molecule has 1 heteroatoms. The molecule has 4 unspecified atom stereocenters. The molecule has 2 rings (SSSR count). The zero-order valence-electron chi connectivity index (χ0n) is 9.51. The SMILES string of the molecule is CCN1CC2(C)CC1CC(C)C2C. The molecule has 1 heterocycles. The van der Waals surface area contributed by atoms with Crippen LogP contribution in [0.1, 0.15) is 40.5 Å². The minimum Gasteiger partial charge on any atom is -0.300 e. The van der Waals surface area contributed by atoms with E-state index in [0.29, 0.717) is 5.41 Å². The molecule has 1 saturated heterocycles. The zero-order valence-corrected chi connectivity index (χ0v) is 9.51. The summed E-state index contributed by atoms with van der Waals surface area (Å²) in [4.78, 5) is 2.69. The zero-order chi connectivity index (χ0) is 9.64. The lowest BCUT2D eigenvalue weighted by Gasteiger charge is -2.39. The maximum absolute atomic E-state index is 2.69. The molecule has 0 spiro atoms. The smallest absolute Gasteiger partial charge is 0.0104 e. The van der Waals surface area contributed by atoms with Gasteiger partial charge in [-0.15, -0.1) is 0 Å². The van der Waals surface area contributed by atoms with Gasteiger partial charge in [-0.25, -0.2) is 0 Å². The summed E-state index contributed by atoms with van der Waals surface area (Å²) in [7, 11) is 0. The van der Waals surface area contributed by atoms with Crippen molar-refractivity contribution in [2.75, 3.05) is 13.1 Å². The molecule has 0 aromatic heterocycles. The minimum absolute atomic E-state index is 0.623. The molecule has 2 bridgehead atoms. The van der Waals surface area contributed by atoms with Crippen LogP contribution >= 0.6 is 0 Å². The summed E-state index contributed by atoms with van der Waals surface area (Å²) in [6.45, 7) is 12.3. The van der Waals surface area contributed by atoms with Crippen molar-refractivity contribution in [3.05, 3.63) is 0 Å². The molecule has 1 aliphatic carbocycles. The van der Waals surface area contributed by atoms with E-state index in [1.807, 2.05) is 0 Å². The average molecular weight is 181 g/mol. The van der Waals surface area contributed by atoms with Crippen LogP contribution in [0.15, 0.2) is 0 Å². The third-order valence-corrected chi connectivity index (χ3v) is 4.79. The van der Waals surface area contributed by atoms with E-state index in [-0.39, 0.29) is 0 Å². The van der Waals surface area contributed by atoms with Crippen LogP contribution in [0.5, 0.6) is 0 Å². The van der Waals surface area contributed by atoms with E-state index in [0.717, 1.165) is 17.9 Å². The molecular formula is C12H23N. The first-order valence-corrected chi connectivity index (χ1v) is 5.81. The van der Waals surface area contributed by atoms with Crippen LogP contribution in [-0.2, 0) is 0 Å². The van der Waals surface area contributed by atoms with E-state index in [1.165, 1.54) is 25.9 Å². The van der Waals surface area contributed by atoms with Gasteiger partial charge in [-0.2, -0.15) is 0 Å². The first kappa shape index (κ1) is 9.51. The molecule has 1 aliphatic heterocycles. The molecule has 0 aromatic rings. The van der Waals surface area contributed by atoms with Gasteiger partial charge in [0.2, 0.25) is 0 Å². The monoisotopic (exact) mass is 181 g/mol. The van der Waals surface area contributed by atoms with Crippen LogP contribution in [0, 0.1) is 17.3 Å². The summed E-state index contributed by atoms with van der Waals surface area (Å²) in [6.07, 6.45) is 2.89. The van der Waals surface area contributed by atoms with Gasteiger partial charge in [-0.1, -0.05) is 27.7 Å². The largest absolute Gasteiger partial charge is 0.300 e. The van der Waals surface area contributed by atoms with Crippen molar-refractivity contribution >= 4 is 0 Å². The number of nitrogens with zero attached hydrogens (tertiary/aromatic N) is 1. The number of rotatable bonds is 1. The second kappa shape index (κ2) is 2.98. The van der Waals surface area contributed by atoms with Crippen molar-refractivity contribution in [2.24, 2.45) is 17.3 Å². The highest BCUT2D eigenvalue weighted by atomic mass is 15.2. The van der Waals surface area contributed by atoms with E-state index in [9.17, 15) is 0 Å². The van der Waals surface area contributed by atoms with E-state index < -0.39 is 0 Å². The lowest BCUT2D eigenvalue weighted by atomic mass is 9.65. The molecule has 76 valence electrons. The average Bonchev–Trinajstić information content (AvgIpc) is 2.37. The molecular weight excluding hydrogens is 158 g/mol. The van der Waals surface area contributed by atoms with E-state index >= 15 is 0 Å². The third-order valence-electron chi connectivity index (χ3n) is 4.79. The van der Waals surface area contributed by atoms with Crippen molar-refractivity contribution in [1.29, 1.82) is 0 Å². The maximum Gasteiger partial charge on any atom is 0.0104 e. The molecule has 0 N–H and O–H groups in total. The first-order chi connectivity index (χ1) is 6.07. The Balaban J connectivity index is 2.20. The summed E-state index contributed by atoms with van der Waals surface area (Å²) < 4.78 is 0. The lowest BCUT2D eigenvalue weighted by molar-refractivity contribution is 0.121. The fourth-order valence-corrected chi connectivity index (χ4v) is 3.58. The number of likely N-dealkylation sites (tertiary alicyclic amines) is 1. The van der Waals surface area contributed by atoms with Crippen molar-refractivity contribution in [3.63, 3.8) is 0 Å². The van der Waals surface area contributed by atoms with Crippen LogP contribution in [0.25, 0.3) is 0 Å². The molecule has 2 aliphatic rings. The third kappa shape index (κ3) is 1.32. The summed E-state index contributed by atoms with van der Waals surface area (Å²) in [5.74, 6) is 1.85. The van der Waals surface area contributed by atoms with E-state index in [2.05, 4.69) is 32.6 Å². The Kier molecular flexibility index (Phi) is 2.18. The highest BCUT2D eigenvalue weighted by molar-refractivity contribution is 5.01. The van der Waals surface area contributed by atoms with Crippen LogP contribution < -0.4 is 0 Å². The quantitative estimate of drug-likeness (QED) is 0.601. The lowest BCUT2D eigenvalue weighted by Crippen LogP contribution is -2.35. The predicted molar refractivity (Wildman–Crippen MR) is 56.7 cm³/mol. The Morgan fingerprint density at radius 3 is 2.69 bits per heavy atom. The number of fused-ring (bicyclic) bond motifs is 2. The van der Waals surface area contributed by atoms with E-state index in [1.54, 1.807) is 0 Å². The van der Waals surface area contributed by atoms with Gasteiger partial charge in [0, 0.05) is 12.6 Å². The van der Waals surface area contributed by atoms with Gasteiger partial charge in [-0.3, -0.25) is 0 Å². The van der Waals surface area contributed by atoms with Gasteiger partial charge < -0.3 is 4.90 Å². The summed E-state index contributed by atoms with van der Waals surface area (Å²) >= 11 is 0. The normalized spacial score (nSPS) is 51.2.